The molecule has 0 aromatic heterocycles. The minimum atomic E-state index is -4.32. The Labute approximate surface area is 178 Å². The quantitative estimate of drug-likeness (QED) is 0.726. The van der Waals surface area contributed by atoms with Crippen molar-refractivity contribution < 1.29 is 31.5 Å². The van der Waals surface area contributed by atoms with Crippen LogP contribution < -0.4 is 15.0 Å². The molecule has 11 heteroatoms. The highest BCUT2D eigenvalue weighted by molar-refractivity contribution is 7.89. The Morgan fingerprint density at radius 2 is 1.87 bits per heavy atom. The van der Waals surface area contributed by atoms with E-state index in [0.717, 1.165) is 16.4 Å². The number of halogens is 2. The monoisotopic (exact) mass is 453 g/mol. The van der Waals surface area contributed by atoms with Gasteiger partial charge in [-0.05, 0) is 31.2 Å². The fourth-order valence-corrected chi connectivity index (χ4v) is 4.58. The van der Waals surface area contributed by atoms with Crippen LogP contribution in [0.5, 0.6) is 5.75 Å². The van der Waals surface area contributed by atoms with Crippen LogP contribution in [-0.2, 0) is 19.6 Å². The number of nitrogens with one attached hydrogen (secondary N) is 1. The number of anilines is 2. The molecule has 8 nitrogen and oxygen atoms in total. The number of carbonyl (C=O) groups is 2. The van der Waals surface area contributed by atoms with Crippen molar-refractivity contribution in [1.82, 2.24) is 4.31 Å². The second-order valence-electron chi connectivity index (χ2n) is 6.97. The van der Waals surface area contributed by atoms with Crippen LogP contribution >= 0.6 is 0 Å². The van der Waals surface area contributed by atoms with Crippen LogP contribution in [0.25, 0.3) is 0 Å². The van der Waals surface area contributed by atoms with Gasteiger partial charge in [-0.2, -0.15) is 13.1 Å². The van der Waals surface area contributed by atoms with Gasteiger partial charge in [0.1, 0.15) is 10.6 Å². The van der Waals surface area contributed by atoms with Crippen LogP contribution in [-0.4, -0.2) is 50.8 Å². The van der Waals surface area contributed by atoms with E-state index in [4.69, 9.17) is 0 Å². The molecule has 0 aliphatic carbocycles. The summed E-state index contributed by atoms with van der Waals surface area (Å²) in [5.74, 6) is -1.36. The van der Waals surface area contributed by atoms with Gasteiger partial charge < -0.3 is 15.0 Å². The van der Waals surface area contributed by atoms with Gasteiger partial charge in [0.15, 0.2) is 0 Å². The van der Waals surface area contributed by atoms with E-state index < -0.39 is 45.8 Å². The molecular weight excluding hydrogens is 432 g/mol. The van der Waals surface area contributed by atoms with Gasteiger partial charge in [0.2, 0.25) is 21.8 Å². The highest BCUT2D eigenvalue weighted by Crippen LogP contribution is 2.32. The van der Waals surface area contributed by atoms with E-state index >= 15 is 0 Å². The molecule has 2 amide bonds. The lowest BCUT2D eigenvalue weighted by molar-refractivity contribution is -0.119. The molecule has 166 valence electrons. The summed E-state index contributed by atoms with van der Waals surface area (Å²) in [7, 11) is -3.15. The fourth-order valence-electron chi connectivity index (χ4n) is 3.34. The molecule has 1 aliphatic heterocycles. The second-order valence-corrected chi connectivity index (χ2v) is 8.98. The summed E-state index contributed by atoms with van der Waals surface area (Å²) in [6, 6.07) is 11.1. The van der Waals surface area contributed by atoms with Crippen molar-refractivity contribution in [3.05, 3.63) is 48.5 Å². The summed E-state index contributed by atoms with van der Waals surface area (Å²) in [5.41, 5.74) is 0.879. The molecule has 0 saturated carbocycles. The van der Waals surface area contributed by atoms with Crippen molar-refractivity contribution >= 4 is 33.2 Å². The van der Waals surface area contributed by atoms with E-state index in [1.165, 1.54) is 24.1 Å². The van der Waals surface area contributed by atoms with Gasteiger partial charge in [-0.3, -0.25) is 9.59 Å². The number of benzene rings is 2. The van der Waals surface area contributed by atoms with Gasteiger partial charge in [0.25, 0.3) is 0 Å². The lowest BCUT2D eigenvalue weighted by Crippen LogP contribution is -2.45. The maximum absolute atomic E-state index is 13.1. The van der Waals surface area contributed by atoms with Crippen LogP contribution in [0.4, 0.5) is 20.2 Å². The molecule has 0 saturated heterocycles. The van der Waals surface area contributed by atoms with Crippen molar-refractivity contribution in [3.8, 4) is 5.75 Å². The zero-order valence-electron chi connectivity index (χ0n) is 16.8. The lowest BCUT2D eigenvalue weighted by atomic mass is 10.1. The Bertz CT molecular complexity index is 1090. The molecule has 1 unspecified atom stereocenters. The van der Waals surface area contributed by atoms with E-state index in [9.17, 15) is 26.8 Å². The molecule has 3 rings (SSSR count). The highest BCUT2D eigenvalue weighted by Gasteiger charge is 2.33. The van der Waals surface area contributed by atoms with Crippen molar-refractivity contribution in [1.29, 1.82) is 0 Å². The molecule has 0 radical (unpaired) electrons. The van der Waals surface area contributed by atoms with Crippen molar-refractivity contribution in [3.63, 3.8) is 0 Å². The van der Waals surface area contributed by atoms with Crippen molar-refractivity contribution in [2.24, 2.45) is 0 Å². The first-order valence-corrected chi connectivity index (χ1v) is 10.8. The number of amides is 2. The number of ether oxygens (including phenoxy) is 1. The van der Waals surface area contributed by atoms with Gasteiger partial charge in [-0.25, -0.2) is 8.42 Å². The van der Waals surface area contributed by atoms with Gasteiger partial charge >= 0.3 is 6.61 Å². The molecular formula is C20H21F2N3O5S. The largest absolute Gasteiger partial charge is 0.433 e. The van der Waals surface area contributed by atoms with Crippen LogP contribution in [0, 0.1) is 0 Å². The SMILES string of the molecule is CC1CC(=O)Nc2ccccc2N1C(=O)CN(C)S(=O)(=O)c1ccccc1OC(F)F. The highest BCUT2D eigenvalue weighted by atomic mass is 32.2. The normalized spacial score (nSPS) is 16.6. The standard InChI is InChI=1S/C20H21F2N3O5S/c1-13-11-18(26)23-14-7-3-4-8-15(14)25(13)19(27)12-24(2)31(28,29)17-10-6-5-9-16(17)30-20(21)22/h3-10,13,20H,11-12H2,1-2H3,(H,23,26). The number of rotatable bonds is 6. The summed E-state index contributed by atoms with van der Waals surface area (Å²) in [6.45, 7) is -2.10. The summed E-state index contributed by atoms with van der Waals surface area (Å²) < 4.78 is 56.3. The average molecular weight is 453 g/mol. The second kappa shape index (κ2) is 8.98. The molecule has 2 aromatic rings. The summed E-state index contributed by atoms with van der Waals surface area (Å²) in [4.78, 5) is 26.1. The molecule has 1 aliphatic rings. The Morgan fingerprint density at radius 3 is 2.58 bits per heavy atom. The molecule has 1 heterocycles. The number of fused-ring (bicyclic) bond motifs is 1. The Kier molecular flexibility index (Phi) is 6.56. The smallest absolute Gasteiger partial charge is 0.387 e. The van der Waals surface area contributed by atoms with Gasteiger partial charge in [-0.15, -0.1) is 0 Å². The number of likely N-dealkylation sites (N-methyl/N-ethyl adjacent to an activating group) is 1. The molecule has 1 N–H and O–H groups in total. The molecule has 1 atom stereocenters. The first-order chi connectivity index (χ1) is 14.6. The third-order valence-electron chi connectivity index (χ3n) is 4.74. The number of alkyl halides is 2. The minimum Gasteiger partial charge on any atom is -0.433 e. The molecule has 0 spiro atoms. The van der Waals surface area contributed by atoms with E-state index in [-0.39, 0.29) is 12.3 Å². The number of hydrogen-bond acceptors (Lipinski definition) is 5. The Morgan fingerprint density at radius 1 is 1.23 bits per heavy atom. The number of sulfonamides is 1. The topological polar surface area (TPSA) is 96.0 Å². The Balaban J connectivity index is 1.89. The van der Waals surface area contributed by atoms with E-state index in [0.29, 0.717) is 11.4 Å². The molecule has 0 bridgehead atoms. The lowest BCUT2D eigenvalue weighted by Gasteiger charge is -2.29. The van der Waals surface area contributed by atoms with Crippen molar-refractivity contribution in [2.75, 3.05) is 23.8 Å². The number of carbonyl (C=O) groups excluding carboxylic acids is 2. The fraction of sp³-hybridized carbons (Fsp3) is 0.300. The van der Waals surface area contributed by atoms with Gasteiger partial charge in [0, 0.05) is 19.5 Å². The average Bonchev–Trinajstić information content (AvgIpc) is 2.81. The van der Waals surface area contributed by atoms with Crippen LogP contribution in [0.1, 0.15) is 13.3 Å². The molecule has 2 aromatic carbocycles. The first-order valence-electron chi connectivity index (χ1n) is 9.32. The van der Waals surface area contributed by atoms with Gasteiger partial charge in [-0.1, -0.05) is 24.3 Å². The maximum atomic E-state index is 13.1. The summed E-state index contributed by atoms with van der Waals surface area (Å²) in [5, 5.41) is 2.72. The predicted octanol–water partition coefficient (Wildman–Crippen LogP) is 2.67. The van der Waals surface area contributed by atoms with Crippen LogP contribution in [0.15, 0.2) is 53.4 Å². The van der Waals surface area contributed by atoms with E-state index in [1.807, 2.05) is 0 Å². The Hall–Kier alpha value is -3.05. The van der Waals surface area contributed by atoms with Crippen molar-refractivity contribution in [2.45, 2.75) is 30.9 Å². The maximum Gasteiger partial charge on any atom is 0.387 e. The third-order valence-corrected chi connectivity index (χ3v) is 6.58. The summed E-state index contributed by atoms with van der Waals surface area (Å²) in [6.07, 6.45) is 0.0297. The van der Waals surface area contributed by atoms with Crippen LogP contribution in [0.3, 0.4) is 0 Å². The third kappa shape index (κ3) is 4.83. The number of nitrogens with zero attached hydrogens (tertiary/aromatic N) is 2. The zero-order valence-corrected chi connectivity index (χ0v) is 17.6. The van der Waals surface area contributed by atoms with Gasteiger partial charge in [0.05, 0.1) is 17.9 Å². The molecule has 0 fully saturated rings. The minimum absolute atomic E-state index is 0.0297. The van der Waals surface area contributed by atoms with E-state index in [2.05, 4.69) is 10.1 Å². The molecule has 31 heavy (non-hydrogen) atoms. The van der Waals surface area contributed by atoms with Crippen LogP contribution in [0.2, 0.25) is 0 Å². The number of hydrogen-bond donors (Lipinski definition) is 1. The predicted molar refractivity (Wildman–Crippen MR) is 110 cm³/mol. The first kappa shape index (κ1) is 22.6. The zero-order chi connectivity index (χ0) is 22.8. The summed E-state index contributed by atoms with van der Waals surface area (Å²) >= 11 is 0. The number of para-hydroxylation sites is 3. The van der Waals surface area contributed by atoms with E-state index in [1.54, 1.807) is 31.2 Å².